The molecule has 1 aromatic heterocycles. The van der Waals surface area contributed by atoms with Gasteiger partial charge in [-0.15, -0.1) is 0 Å². The van der Waals surface area contributed by atoms with Crippen LogP contribution >= 0.6 is 22.6 Å². The average Bonchev–Trinajstić information content (AvgIpc) is 2.61. The lowest BCUT2D eigenvalue weighted by atomic mass is 10.1. The normalized spacial score (nSPS) is 31.8. The van der Waals surface area contributed by atoms with Crippen LogP contribution in [0.15, 0.2) is 11.0 Å². The minimum Gasteiger partial charge on any atom is -0.394 e. The summed E-state index contributed by atoms with van der Waals surface area (Å²) in [5.74, 6) is 0.0867. The van der Waals surface area contributed by atoms with Gasteiger partial charge in [0.15, 0.2) is 6.23 Å². The largest absolute Gasteiger partial charge is 0.394 e. The fourth-order valence-corrected chi connectivity index (χ4v) is 2.17. The summed E-state index contributed by atoms with van der Waals surface area (Å²) in [4.78, 5) is 15.2. The van der Waals surface area contributed by atoms with Gasteiger partial charge in [0.1, 0.15) is 24.1 Å². The molecule has 1 fully saturated rings. The molecule has 0 spiro atoms. The number of nitrogen functional groups attached to an aromatic ring is 1. The second-order valence-corrected chi connectivity index (χ2v) is 5.05. The third-order valence-electron chi connectivity index (χ3n) is 2.73. The number of aliphatic hydroxyl groups excluding tert-OH is 3. The van der Waals surface area contributed by atoms with E-state index in [9.17, 15) is 15.0 Å². The monoisotopic (exact) mass is 369 g/mol. The molecule has 5 N–H and O–H groups in total. The third kappa shape index (κ3) is 2.23. The van der Waals surface area contributed by atoms with E-state index >= 15 is 0 Å². The van der Waals surface area contributed by atoms with Gasteiger partial charge in [0.05, 0.1) is 10.2 Å². The Morgan fingerprint density at radius 2 is 2.17 bits per heavy atom. The Morgan fingerprint density at radius 3 is 2.72 bits per heavy atom. The van der Waals surface area contributed by atoms with Crippen molar-refractivity contribution >= 4 is 28.4 Å². The number of aliphatic hydroxyl groups is 3. The van der Waals surface area contributed by atoms with Gasteiger partial charge in [-0.05, 0) is 22.6 Å². The first-order valence-corrected chi connectivity index (χ1v) is 6.20. The number of anilines is 1. The van der Waals surface area contributed by atoms with Gasteiger partial charge in [0, 0.05) is 6.20 Å². The van der Waals surface area contributed by atoms with Crippen LogP contribution in [0.1, 0.15) is 6.23 Å². The number of halogens is 1. The number of aromatic nitrogens is 2. The Morgan fingerprint density at radius 1 is 1.50 bits per heavy atom. The highest BCUT2D eigenvalue weighted by Gasteiger charge is 2.43. The van der Waals surface area contributed by atoms with Crippen LogP contribution in [-0.2, 0) is 4.74 Å². The summed E-state index contributed by atoms with van der Waals surface area (Å²) in [7, 11) is 0. The molecule has 0 amide bonds. The van der Waals surface area contributed by atoms with Gasteiger partial charge < -0.3 is 25.8 Å². The van der Waals surface area contributed by atoms with Crippen LogP contribution in [-0.4, -0.2) is 49.8 Å². The highest BCUT2D eigenvalue weighted by atomic mass is 127. The second-order valence-electron chi connectivity index (χ2n) is 3.89. The van der Waals surface area contributed by atoms with Crippen LogP contribution < -0.4 is 11.4 Å². The molecule has 1 saturated heterocycles. The maximum Gasteiger partial charge on any atom is 0.351 e. The van der Waals surface area contributed by atoms with E-state index < -0.39 is 36.8 Å². The van der Waals surface area contributed by atoms with Crippen molar-refractivity contribution in [1.29, 1.82) is 0 Å². The number of rotatable bonds is 2. The van der Waals surface area contributed by atoms with Crippen molar-refractivity contribution in [2.24, 2.45) is 0 Å². The molecule has 8 nitrogen and oxygen atoms in total. The number of ether oxygens (including phenoxy) is 1. The molecule has 100 valence electrons. The number of hydrogen-bond donors (Lipinski definition) is 4. The van der Waals surface area contributed by atoms with E-state index in [2.05, 4.69) is 4.98 Å². The molecule has 1 aromatic rings. The van der Waals surface area contributed by atoms with E-state index in [1.54, 1.807) is 0 Å². The van der Waals surface area contributed by atoms with Gasteiger partial charge in [-0.1, -0.05) is 0 Å². The summed E-state index contributed by atoms with van der Waals surface area (Å²) >= 11 is 1.88. The molecule has 1 aliphatic heterocycles. The zero-order chi connectivity index (χ0) is 13.4. The summed E-state index contributed by atoms with van der Waals surface area (Å²) < 4.78 is 6.79. The summed E-state index contributed by atoms with van der Waals surface area (Å²) in [5.41, 5.74) is 4.79. The zero-order valence-corrected chi connectivity index (χ0v) is 11.3. The van der Waals surface area contributed by atoms with E-state index in [0.717, 1.165) is 4.57 Å². The molecule has 1 unspecified atom stereocenters. The van der Waals surface area contributed by atoms with Crippen molar-refractivity contribution in [3.05, 3.63) is 20.3 Å². The van der Waals surface area contributed by atoms with Gasteiger partial charge in [-0.2, -0.15) is 4.98 Å². The molecule has 1 aliphatic rings. The van der Waals surface area contributed by atoms with Gasteiger partial charge in [-0.25, -0.2) is 4.79 Å². The Hall–Kier alpha value is -0.750. The number of nitrogens with two attached hydrogens (primary N) is 1. The lowest BCUT2D eigenvalue weighted by molar-refractivity contribution is -0.0550. The predicted molar refractivity (Wildman–Crippen MR) is 68.6 cm³/mol. The smallest absolute Gasteiger partial charge is 0.351 e. The summed E-state index contributed by atoms with van der Waals surface area (Å²) in [5, 5.41) is 28.4. The van der Waals surface area contributed by atoms with E-state index in [1.165, 1.54) is 6.20 Å². The van der Waals surface area contributed by atoms with E-state index in [4.69, 9.17) is 15.6 Å². The van der Waals surface area contributed by atoms with Crippen molar-refractivity contribution in [2.45, 2.75) is 24.5 Å². The molecule has 0 saturated carbocycles. The van der Waals surface area contributed by atoms with E-state index in [-0.39, 0.29) is 5.82 Å². The maximum atomic E-state index is 11.7. The Bertz CT molecular complexity index is 507. The van der Waals surface area contributed by atoms with Gasteiger partial charge >= 0.3 is 5.69 Å². The predicted octanol–water partition coefficient (Wildman–Crippen LogP) is -1.96. The topological polar surface area (TPSA) is 131 Å². The zero-order valence-electron chi connectivity index (χ0n) is 9.10. The van der Waals surface area contributed by atoms with Crippen molar-refractivity contribution in [2.75, 3.05) is 12.3 Å². The second kappa shape index (κ2) is 5.09. The molecule has 2 rings (SSSR count). The molecular weight excluding hydrogens is 357 g/mol. The highest BCUT2D eigenvalue weighted by Crippen LogP contribution is 2.28. The Kier molecular flexibility index (Phi) is 3.87. The fourth-order valence-electron chi connectivity index (χ4n) is 1.75. The number of nitrogens with zero attached hydrogens (tertiary/aromatic N) is 2. The van der Waals surface area contributed by atoms with Gasteiger partial charge in [0.25, 0.3) is 0 Å². The van der Waals surface area contributed by atoms with E-state index in [1.807, 2.05) is 22.6 Å². The fraction of sp³-hybridized carbons (Fsp3) is 0.556. The van der Waals surface area contributed by atoms with Crippen LogP contribution in [0.5, 0.6) is 0 Å². The first-order chi connectivity index (χ1) is 8.45. The standard InChI is InChI=1S/C9H12IN3O5/c10-3-1-13(9(17)12-7(3)11)8-6(16)5(15)4(2-14)18-8/h1,4-6,8,14-16H,2H2,(H2,11,12,17)/t4-,5?,6+,8-/m1/s1. The molecule has 2 heterocycles. The molecule has 0 radical (unpaired) electrons. The van der Waals surface area contributed by atoms with Crippen molar-refractivity contribution in [3.63, 3.8) is 0 Å². The molecule has 18 heavy (non-hydrogen) atoms. The van der Waals surface area contributed by atoms with Gasteiger partial charge in [0.2, 0.25) is 0 Å². The minimum absolute atomic E-state index is 0.0867. The molecule has 0 aliphatic carbocycles. The van der Waals surface area contributed by atoms with Crippen molar-refractivity contribution < 1.29 is 20.1 Å². The Labute approximate surface area is 115 Å². The lowest BCUT2D eigenvalue weighted by Gasteiger charge is -2.17. The summed E-state index contributed by atoms with van der Waals surface area (Å²) in [6.07, 6.45) is -3.23. The third-order valence-corrected chi connectivity index (χ3v) is 3.56. The van der Waals surface area contributed by atoms with Gasteiger partial charge in [-0.3, -0.25) is 4.57 Å². The van der Waals surface area contributed by atoms with Crippen molar-refractivity contribution in [3.8, 4) is 0 Å². The van der Waals surface area contributed by atoms with Crippen LogP contribution in [0.4, 0.5) is 5.82 Å². The van der Waals surface area contributed by atoms with Crippen LogP contribution in [0.3, 0.4) is 0 Å². The first kappa shape index (κ1) is 13.7. The molecule has 0 aromatic carbocycles. The van der Waals surface area contributed by atoms with Crippen molar-refractivity contribution in [1.82, 2.24) is 9.55 Å². The number of hydrogen-bond acceptors (Lipinski definition) is 7. The average molecular weight is 369 g/mol. The highest BCUT2D eigenvalue weighted by molar-refractivity contribution is 14.1. The van der Waals surface area contributed by atoms with Crippen LogP contribution in [0.2, 0.25) is 0 Å². The lowest BCUT2D eigenvalue weighted by Crippen LogP contribution is -2.36. The summed E-state index contributed by atoms with van der Waals surface area (Å²) in [6, 6.07) is 0. The Balaban J connectivity index is 2.39. The SMILES string of the molecule is Nc1nc(=O)n([C@@H]2O[C@H](CO)C(O)[C@@H]2O)cc1I. The first-order valence-electron chi connectivity index (χ1n) is 5.12. The molecular formula is C9H12IN3O5. The van der Waals surface area contributed by atoms with Crippen LogP contribution in [0, 0.1) is 3.57 Å². The molecule has 9 heteroatoms. The summed E-state index contributed by atoms with van der Waals surface area (Å²) in [6.45, 7) is -0.455. The maximum absolute atomic E-state index is 11.7. The van der Waals surface area contributed by atoms with Crippen LogP contribution in [0.25, 0.3) is 0 Å². The quantitative estimate of drug-likeness (QED) is 0.446. The molecule has 0 bridgehead atoms. The van der Waals surface area contributed by atoms with E-state index in [0.29, 0.717) is 3.57 Å². The minimum atomic E-state index is -1.32. The molecule has 4 atom stereocenters.